The van der Waals surface area contributed by atoms with Crippen LogP contribution in [0.4, 0.5) is 26.3 Å². The predicted octanol–water partition coefficient (Wildman–Crippen LogP) is 3.15. The summed E-state index contributed by atoms with van der Waals surface area (Å²) in [4.78, 5) is 31.0. The fourth-order valence-corrected chi connectivity index (χ4v) is 5.26. The van der Waals surface area contributed by atoms with Crippen LogP contribution in [-0.2, 0) is 29.0 Å². The molecular formula is C21H18F6N2O7S. The summed E-state index contributed by atoms with van der Waals surface area (Å²) in [5, 5.41) is 0. The van der Waals surface area contributed by atoms with E-state index in [9.17, 15) is 44.3 Å². The van der Waals surface area contributed by atoms with Gasteiger partial charge in [0.15, 0.2) is 21.2 Å². The van der Waals surface area contributed by atoms with Gasteiger partial charge in [-0.15, -0.1) is 0 Å². The highest BCUT2D eigenvalue weighted by molar-refractivity contribution is 7.93. The number of carbonyl (C=O) groups excluding carboxylic acids is 2. The van der Waals surface area contributed by atoms with Crippen LogP contribution >= 0.6 is 0 Å². The van der Waals surface area contributed by atoms with Crippen LogP contribution in [0.2, 0.25) is 0 Å². The molecule has 1 amide bonds. The van der Waals surface area contributed by atoms with E-state index < -0.39 is 63.2 Å². The Balaban J connectivity index is 1.81. The first-order valence-corrected chi connectivity index (χ1v) is 11.8. The van der Waals surface area contributed by atoms with Gasteiger partial charge in [-0.1, -0.05) is 0 Å². The average Bonchev–Trinajstić information content (AvgIpc) is 2.85. The highest BCUT2D eigenvalue weighted by atomic mass is 32.2. The highest BCUT2D eigenvalue weighted by Gasteiger charge is 2.53. The van der Waals surface area contributed by atoms with Crippen molar-refractivity contribution >= 4 is 21.7 Å². The van der Waals surface area contributed by atoms with Crippen molar-refractivity contribution in [1.29, 1.82) is 0 Å². The summed E-state index contributed by atoms with van der Waals surface area (Å²) in [7, 11) is -4.59. The molecule has 1 N–H and O–H groups in total. The maximum absolute atomic E-state index is 13.4. The molecule has 0 radical (unpaired) electrons. The van der Waals surface area contributed by atoms with E-state index in [-0.39, 0.29) is 24.7 Å². The third-order valence-electron chi connectivity index (χ3n) is 5.30. The lowest BCUT2D eigenvalue weighted by molar-refractivity contribution is -0.208. The van der Waals surface area contributed by atoms with Crippen LogP contribution in [0.25, 0.3) is 11.3 Å². The summed E-state index contributed by atoms with van der Waals surface area (Å²) < 4.78 is 108. The number of benzene rings is 1. The predicted molar refractivity (Wildman–Crippen MR) is 111 cm³/mol. The number of amides is 1. The molecule has 1 aromatic carbocycles. The molecule has 0 saturated carbocycles. The summed E-state index contributed by atoms with van der Waals surface area (Å²) in [5.41, 5.74) is 1.92. The number of nitrogens with zero attached hydrogens (tertiary/aromatic N) is 1. The van der Waals surface area contributed by atoms with Crippen molar-refractivity contribution in [2.24, 2.45) is 0 Å². The van der Waals surface area contributed by atoms with E-state index in [0.29, 0.717) is 5.56 Å². The number of nitrogens with one attached hydrogen (secondary N) is 1. The van der Waals surface area contributed by atoms with Gasteiger partial charge in [0.05, 0.1) is 10.6 Å². The topological polar surface area (TPSA) is 121 Å². The van der Waals surface area contributed by atoms with Gasteiger partial charge < -0.3 is 14.3 Å². The molecule has 9 nitrogen and oxygen atoms in total. The number of alkyl halides is 6. The van der Waals surface area contributed by atoms with Gasteiger partial charge >= 0.3 is 18.3 Å². The van der Waals surface area contributed by atoms with Gasteiger partial charge in [0, 0.05) is 25.0 Å². The van der Waals surface area contributed by atoms with Crippen molar-refractivity contribution in [2.45, 2.75) is 34.8 Å². The quantitative estimate of drug-likeness (QED) is 0.426. The number of hydrogen-bond acceptors (Lipinski definition) is 8. The average molecular weight is 556 g/mol. The van der Waals surface area contributed by atoms with Gasteiger partial charge in [-0.25, -0.2) is 13.2 Å². The van der Waals surface area contributed by atoms with E-state index >= 15 is 0 Å². The Morgan fingerprint density at radius 1 is 1.00 bits per heavy atom. The smallest absolute Gasteiger partial charge is 0.484 e. The van der Waals surface area contributed by atoms with Crippen LogP contribution in [-0.4, -0.2) is 62.2 Å². The normalized spacial score (nSPS) is 16.1. The lowest BCUT2D eigenvalue weighted by Crippen LogP contribution is -2.56. The van der Waals surface area contributed by atoms with E-state index in [1.807, 2.05) is 0 Å². The Kier molecular flexibility index (Phi) is 8.02. The van der Waals surface area contributed by atoms with E-state index in [0.717, 1.165) is 12.3 Å². The highest BCUT2D eigenvalue weighted by Crippen LogP contribution is 2.36. The van der Waals surface area contributed by atoms with Crippen molar-refractivity contribution in [3.05, 3.63) is 42.6 Å². The molecule has 0 atom stereocenters. The molecule has 1 fully saturated rings. The first-order valence-electron chi connectivity index (χ1n) is 10.3. The Morgan fingerprint density at radius 3 is 2.14 bits per heavy atom. The number of aromatic nitrogens is 1. The van der Waals surface area contributed by atoms with Crippen molar-refractivity contribution in [2.75, 3.05) is 19.8 Å². The molecule has 0 unspecified atom stereocenters. The number of hydrogen-bond donors (Lipinski definition) is 1. The maximum atomic E-state index is 13.4. The van der Waals surface area contributed by atoms with Crippen molar-refractivity contribution in [3.8, 4) is 17.0 Å². The second kappa shape index (κ2) is 10.5. The van der Waals surface area contributed by atoms with Gasteiger partial charge in [-0.05, 0) is 49.2 Å². The first-order chi connectivity index (χ1) is 17.2. The molecule has 2 aromatic rings. The number of pyridine rings is 1. The molecule has 37 heavy (non-hydrogen) atoms. The molecule has 0 spiro atoms. The molecule has 1 aliphatic rings. The molecule has 1 aromatic heterocycles. The van der Waals surface area contributed by atoms with Crippen LogP contribution in [0.15, 0.2) is 47.5 Å². The van der Waals surface area contributed by atoms with Gasteiger partial charge in [0.25, 0.3) is 5.91 Å². The Bertz CT molecular complexity index is 1220. The molecular weight excluding hydrogens is 538 g/mol. The number of carbonyl (C=O) groups is 2. The minimum absolute atomic E-state index is 0.0565. The van der Waals surface area contributed by atoms with E-state index in [2.05, 4.69) is 14.6 Å². The summed E-state index contributed by atoms with van der Waals surface area (Å²) >= 11 is 0. The van der Waals surface area contributed by atoms with E-state index in [1.165, 1.54) is 35.8 Å². The van der Waals surface area contributed by atoms with Gasteiger partial charge in [0.2, 0.25) is 0 Å². The lowest BCUT2D eigenvalue weighted by Gasteiger charge is -2.34. The van der Waals surface area contributed by atoms with Gasteiger partial charge in [0.1, 0.15) is 5.75 Å². The Hall–Kier alpha value is -3.40. The third-order valence-corrected chi connectivity index (χ3v) is 7.78. The first kappa shape index (κ1) is 28.2. The number of hydroxylamine groups is 1. The third kappa shape index (κ3) is 6.49. The van der Waals surface area contributed by atoms with E-state index in [4.69, 9.17) is 4.74 Å². The monoisotopic (exact) mass is 556 g/mol. The summed E-state index contributed by atoms with van der Waals surface area (Å²) in [6.07, 6.45) is -9.89. The molecule has 1 saturated heterocycles. The lowest BCUT2D eigenvalue weighted by atomic mass is 9.98. The minimum atomic E-state index is -5.42. The Morgan fingerprint density at radius 2 is 1.62 bits per heavy atom. The molecule has 16 heteroatoms. The van der Waals surface area contributed by atoms with Crippen LogP contribution < -0.4 is 10.2 Å². The van der Waals surface area contributed by atoms with Crippen LogP contribution in [0.3, 0.4) is 0 Å². The summed E-state index contributed by atoms with van der Waals surface area (Å²) in [6.45, 7) is -1.91. The number of ether oxygens (including phenoxy) is 2. The summed E-state index contributed by atoms with van der Waals surface area (Å²) in [5.74, 6) is -4.27. The molecule has 2 heterocycles. The standard InChI is InChI=1S/C21H18F6N2O7S/c22-20(23,24)12-35-14-3-1-13(2-4-14)16-6-5-15(11-28-16)37(32,33)19(7-9-34-10-8-19)17(30)29-36-18(31)21(25,26)27/h1-6,11H,7-10,12H2,(H,29,30). The molecule has 202 valence electrons. The zero-order chi connectivity index (χ0) is 27.5. The summed E-state index contributed by atoms with van der Waals surface area (Å²) in [6, 6.07) is 7.69. The van der Waals surface area contributed by atoms with Gasteiger partial charge in [-0.3, -0.25) is 9.78 Å². The second-order valence-corrected chi connectivity index (χ2v) is 10.00. The Labute approximate surface area is 205 Å². The molecule has 1 aliphatic heterocycles. The fourth-order valence-electron chi connectivity index (χ4n) is 3.39. The maximum Gasteiger partial charge on any atom is 0.493 e. The largest absolute Gasteiger partial charge is 0.493 e. The molecule has 0 aliphatic carbocycles. The van der Waals surface area contributed by atoms with Crippen LogP contribution in [0.5, 0.6) is 5.75 Å². The number of rotatable bonds is 6. The molecule has 0 bridgehead atoms. The number of halogens is 6. The zero-order valence-electron chi connectivity index (χ0n) is 18.6. The van der Waals surface area contributed by atoms with Crippen molar-refractivity contribution in [3.63, 3.8) is 0 Å². The van der Waals surface area contributed by atoms with Crippen molar-refractivity contribution < 1.29 is 58.7 Å². The van der Waals surface area contributed by atoms with Crippen molar-refractivity contribution in [1.82, 2.24) is 10.5 Å². The molecule has 3 rings (SSSR count). The van der Waals surface area contributed by atoms with Crippen LogP contribution in [0, 0.1) is 0 Å². The minimum Gasteiger partial charge on any atom is -0.484 e. The number of sulfone groups is 1. The van der Waals surface area contributed by atoms with Crippen LogP contribution in [0.1, 0.15) is 12.8 Å². The second-order valence-electron chi connectivity index (χ2n) is 7.74. The van der Waals surface area contributed by atoms with E-state index in [1.54, 1.807) is 0 Å². The fraction of sp³-hybridized carbons (Fsp3) is 0.381. The van der Waals surface area contributed by atoms with Gasteiger partial charge in [-0.2, -0.15) is 31.8 Å². The zero-order valence-corrected chi connectivity index (χ0v) is 19.4. The SMILES string of the molecule is O=C(ONC(=O)C1(S(=O)(=O)c2ccc(-c3ccc(OCC(F)(F)F)cc3)nc2)CCOCC1)C(F)(F)F.